The number of carbonyl (C=O) groups excluding carboxylic acids is 1. The van der Waals surface area contributed by atoms with Crippen LogP contribution in [0.5, 0.6) is 5.75 Å². The van der Waals surface area contributed by atoms with Gasteiger partial charge in [0, 0.05) is 25.2 Å². The lowest BCUT2D eigenvalue weighted by molar-refractivity contribution is -0.384. The van der Waals surface area contributed by atoms with Crippen LogP contribution in [0.2, 0.25) is 0 Å². The van der Waals surface area contributed by atoms with Gasteiger partial charge in [-0.2, -0.15) is 0 Å². The zero-order valence-corrected chi connectivity index (χ0v) is 18.1. The average molecular weight is 445 g/mol. The lowest BCUT2D eigenvalue weighted by atomic mass is 10.0. The Morgan fingerprint density at radius 1 is 1.23 bits per heavy atom. The lowest BCUT2D eigenvalue weighted by Crippen LogP contribution is -2.39. The molecular formula is C21H24N4O5S. The molecule has 0 aliphatic carbocycles. The van der Waals surface area contributed by atoms with Crippen LogP contribution >= 0.6 is 12.2 Å². The third-order valence-corrected chi connectivity index (χ3v) is 5.15. The number of benzene rings is 2. The number of nitrogens with one attached hydrogen (secondary N) is 2. The standard InChI is InChI=1S/C21H24N4O5S/c1-13(2)14-3-6-19(26)17(11-14)22-21(31)23-20(27)16-12-15(25(28)29)4-5-18(16)24-7-9-30-10-8-24/h3-6,11-13,26H,7-10H2,1-2H3,(H2,22,23,27,31). The van der Waals surface area contributed by atoms with Crippen molar-refractivity contribution in [1.29, 1.82) is 0 Å². The van der Waals surface area contributed by atoms with Crippen LogP contribution < -0.4 is 15.5 Å². The number of thiocarbonyl (C=S) groups is 1. The van der Waals surface area contributed by atoms with Crippen molar-refractivity contribution in [3.8, 4) is 5.75 Å². The summed E-state index contributed by atoms with van der Waals surface area (Å²) in [6.45, 7) is 6.18. The molecule has 9 nitrogen and oxygen atoms in total. The molecule has 1 aliphatic heterocycles. The second kappa shape index (κ2) is 9.71. The fourth-order valence-electron chi connectivity index (χ4n) is 3.24. The minimum atomic E-state index is -0.581. The third kappa shape index (κ3) is 5.47. The number of phenols is 1. The Hall–Kier alpha value is -3.24. The van der Waals surface area contributed by atoms with E-state index in [1.807, 2.05) is 24.8 Å². The fraction of sp³-hybridized carbons (Fsp3) is 0.333. The first kappa shape index (κ1) is 22.4. The number of carbonyl (C=O) groups is 1. The Kier molecular flexibility index (Phi) is 7.03. The topological polar surface area (TPSA) is 117 Å². The van der Waals surface area contributed by atoms with Gasteiger partial charge in [0.05, 0.1) is 35.1 Å². The van der Waals surface area contributed by atoms with E-state index in [0.29, 0.717) is 37.7 Å². The molecule has 0 saturated carbocycles. The smallest absolute Gasteiger partial charge is 0.270 e. The molecule has 10 heteroatoms. The molecule has 2 aromatic carbocycles. The Balaban J connectivity index is 1.82. The van der Waals surface area contributed by atoms with Gasteiger partial charge in [-0.1, -0.05) is 19.9 Å². The first-order valence-electron chi connectivity index (χ1n) is 9.82. The first-order chi connectivity index (χ1) is 14.8. The Morgan fingerprint density at radius 3 is 2.58 bits per heavy atom. The maximum Gasteiger partial charge on any atom is 0.270 e. The van der Waals surface area contributed by atoms with E-state index >= 15 is 0 Å². The number of amides is 1. The van der Waals surface area contributed by atoms with E-state index in [-0.39, 0.29) is 28.0 Å². The Bertz CT molecular complexity index is 1010. The molecular weight excluding hydrogens is 420 g/mol. The molecule has 164 valence electrons. The number of anilines is 2. The molecule has 0 bridgehead atoms. The quantitative estimate of drug-likeness (QED) is 0.278. The molecule has 31 heavy (non-hydrogen) atoms. The summed E-state index contributed by atoms with van der Waals surface area (Å²) in [5.41, 5.74) is 1.87. The number of nitro groups is 1. The normalized spacial score (nSPS) is 13.7. The van der Waals surface area contributed by atoms with Gasteiger partial charge in [0.15, 0.2) is 5.11 Å². The molecule has 1 saturated heterocycles. The van der Waals surface area contributed by atoms with Crippen molar-refractivity contribution in [1.82, 2.24) is 5.32 Å². The average Bonchev–Trinajstić information content (AvgIpc) is 2.75. The fourth-order valence-corrected chi connectivity index (χ4v) is 3.44. The van der Waals surface area contributed by atoms with Crippen LogP contribution in [0, 0.1) is 10.1 Å². The summed E-state index contributed by atoms with van der Waals surface area (Å²) in [5, 5.41) is 26.7. The van der Waals surface area contributed by atoms with Crippen LogP contribution in [0.4, 0.5) is 17.1 Å². The van der Waals surface area contributed by atoms with E-state index in [4.69, 9.17) is 17.0 Å². The van der Waals surface area contributed by atoms with E-state index in [2.05, 4.69) is 10.6 Å². The van der Waals surface area contributed by atoms with Crippen LogP contribution in [-0.2, 0) is 4.74 Å². The van der Waals surface area contributed by atoms with Crippen LogP contribution in [0.1, 0.15) is 35.7 Å². The van der Waals surface area contributed by atoms with Gasteiger partial charge in [-0.15, -0.1) is 0 Å². The molecule has 1 heterocycles. The monoisotopic (exact) mass is 444 g/mol. The van der Waals surface area contributed by atoms with Crippen molar-refractivity contribution in [2.75, 3.05) is 36.5 Å². The summed E-state index contributed by atoms with van der Waals surface area (Å²) in [5.74, 6) is -0.349. The molecule has 1 fully saturated rings. The SMILES string of the molecule is CC(C)c1ccc(O)c(NC(=S)NC(=O)c2cc([N+](=O)[O-])ccc2N2CCOCC2)c1. The Morgan fingerprint density at radius 2 is 1.94 bits per heavy atom. The Labute approximate surface area is 185 Å². The number of aromatic hydroxyl groups is 1. The third-order valence-electron chi connectivity index (χ3n) is 4.95. The van der Waals surface area contributed by atoms with Gasteiger partial charge in [0.2, 0.25) is 0 Å². The van der Waals surface area contributed by atoms with E-state index in [1.165, 1.54) is 12.1 Å². The van der Waals surface area contributed by atoms with Crippen LogP contribution in [0.15, 0.2) is 36.4 Å². The summed E-state index contributed by atoms with van der Waals surface area (Å²) in [6, 6.07) is 9.29. The van der Waals surface area contributed by atoms with Crippen molar-refractivity contribution < 1.29 is 19.6 Å². The zero-order chi connectivity index (χ0) is 22.5. The molecule has 3 rings (SSSR count). The number of nitro benzene ring substituents is 1. The summed E-state index contributed by atoms with van der Waals surface area (Å²) in [7, 11) is 0. The number of phenolic OH excluding ortho intramolecular Hbond substituents is 1. The minimum absolute atomic E-state index is 0.00893. The number of hydrogen-bond acceptors (Lipinski definition) is 7. The van der Waals surface area contributed by atoms with E-state index < -0.39 is 10.8 Å². The highest BCUT2D eigenvalue weighted by atomic mass is 32.1. The molecule has 0 unspecified atom stereocenters. The van der Waals surface area contributed by atoms with E-state index in [1.54, 1.807) is 18.2 Å². The second-order valence-electron chi connectivity index (χ2n) is 7.40. The van der Waals surface area contributed by atoms with Crippen molar-refractivity contribution in [2.45, 2.75) is 19.8 Å². The van der Waals surface area contributed by atoms with Crippen molar-refractivity contribution in [3.63, 3.8) is 0 Å². The molecule has 0 atom stereocenters. The van der Waals surface area contributed by atoms with Crippen LogP contribution in [0.25, 0.3) is 0 Å². The molecule has 0 spiro atoms. The summed E-state index contributed by atoms with van der Waals surface area (Å²) in [4.78, 5) is 25.6. The number of hydrogen-bond donors (Lipinski definition) is 3. The summed E-state index contributed by atoms with van der Waals surface area (Å²) < 4.78 is 5.35. The lowest BCUT2D eigenvalue weighted by Gasteiger charge is -2.30. The summed E-state index contributed by atoms with van der Waals surface area (Å²) >= 11 is 5.24. The summed E-state index contributed by atoms with van der Waals surface area (Å²) in [6.07, 6.45) is 0. The van der Waals surface area contributed by atoms with E-state index in [0.717, 1.165) is 5.56 Å². The molecule has 3 N–H and O–H groups in total. The molecule has 1 amide bonds. The van der Waals surface area contributed by atoms with Crippen LogP contribution in [0.3, 0.4) is 0 Å². The number of non-ortho nitro benzene ring substituents is 1. The van der Waals surface area contributed by atoms with Crippen LogP contribution in [-0.4, -0.2) is 47.4 Å². The molecule has 2 aromatic rings. The predicted octanol–water partition coefficient (Wildman–Crippen LogP) is 3.39. The van der Waals surface area contributed by atoms with Crippen molar-refractivity contribution in [2.24, 2.45) is 0 Å². The minimum Gasteiger partial charge on any atom is -0.506 e. The van der Waals surface area contributed by atoms with Crippen molar-refractivity contribution >= 4 is 40.3 Å². The van der Waals surface area contributed by atoms with Gasteiger partial charge < -0.3 is 20.1 Å². The number of morpholine rings is 1. The van der Waals surface area contributed by atoms with Crippen molar-refractivity contribution in [3.05, 3.63) is 57.6 Å². The largest absolute Gasteiger partial charge is 0.506 e. The zero-order valence-electron chi connectivity index (χ0n) is 17.3. The van der Waals surface area contributed by atoms with Gasteiger partial charge in [-0.25, -0.2) is 0 Å². The highest BCUT2D eigenvalue weighted by Crippen LogP contribution is 2.28. The molecule has 0 aromatic heterocycles. The molecule has 0 radical (unpaired) electrons. The van der Waals surface area contributed by atoms with Gasteiger partial charge in [-0.3, -0.25) is 20.2 Å². The predicted molar refractivity (Wildman–Crippen MR) is 122 cm³/mol. The van der Waals surface area contributed by atoms with Gasteiger partial charge in [-0.05, 0) is 41.9 Å². The maximum absolute atomic E-state index is 13.0. The molecule has 1 aliphatic rings. The maximum atomic E-state index is 13.0. The number of rotatable bonds is 5. The van der Waals surface area contributed by atoms with Gasteiger partial charge >= 0.3 is 0 Å². The number of nitrogens with zero attached hydrogens (tertiary/aromatic N) is 2. The second-order valence-corrected chi connectivity index (χ2v) is 7.81. The van der Waals surface area contributed by atoms with Gasteiger partial charge in [0.25, 0.3) is 11.6 Å². The highest BCUT2D eigenvalue weighted by Gasteiger charge is 2.23. The first-order valence-corrected chi connectivity index (χ1v) is 10.2. The number of ether oxygens (including phenoxy) is 1. The van der Waals surface area contributed by atoms with E-state index in [9.17, 15) is 20.0 Å². The highest BCUT2D eigenvalue weighted by molar-refractivity contribution is 7.80. The van der Waals surface area contributed by atoms with Gasteiger partial charge in [0.1, 0.15) is 5.75 Å².